The number of nitrogens with one attached hydrogen (secondary N) is 1. The fraction of sp³-hybridized carbons (Fsp3) is 0.118. The van der Waals surface area contributed by atoms with Crippen LogP contribution >= 0.6 is 0 Å². The standard InChI is InChI=1S/C17H17N3O3/c1-20(2)15-9-7-13(8-10-15)16(21)19-18-11-12-3-5-14(6-4-12)17(22)23/h3-11H,1-2H3,(H,19,21)(H,22,23)/p-1/b18-11-. The monoisotopic (exact) mass is 310 g/mol. The largest absolute Gasteiger partial charge is 0.545 e. The molecule has 0 fully saturated rings. The van der Waals surface area contributed by atoms with Crippen molar-refractivity contribution in [1.82, 2.24) is 5.43 Å². The van der Waals surface area contributed by atoms with Crippen LogP contribution in [0, 0.1) is 0 Å². The molecule has 0 aromatic heterocycles. The summed E-state index contributed by atoms with van der Waals surface area (Å²) < 4.78 is 0. The quantitative estimate of drug-likeness (QED) is 0.656. The Kier molecular flexibility index (Phi) is 5.09. The predicted octanol–water partition coefficient (Wildman–Crippen LogP) is 0.880. The van der Waals surface area contributed by atoms with E-state index in [0.717, 1.165) is 5.69 Å². The van der Waals surface area contributed by atoms with E-state index in [4.69, 9.17) is 0 Å². The van der Waals surface area contributed by atoms with Crippen molar-refractivity contribution in [2.24, 2.45) is 5.10 Å². The smallest absolute Gasteiger partial charge is 0.271 e. The van der Waals surface area contributed by atoms with Gasteiger partial charge in [0.15, 0.2) is 0 Å². The average Bonchev–Trinajstić information content (AvgIpc) is 2.55. The van der Waals surface area contributed by atoms with Gasteiger partial charge in [0.2, 0.25) is 0 Å². The molecule has 2 aromatic carbocycles. The lowest BCUT2D eigenvalue weighted by molar-refractivity contribution is -0.255. The van der Waals surface area contributed by atoms with E-state index in [-0.39, 0.29) is 11.5 Å². The summed E-state index contributed by atoms with van der Waals surface area (Å²) >= 11 is 0. The number of carboxylic acids is 1. The van der Waals surface area contributed by atoms with Crippen molar-refractivity contribution in [3.05, 3.63) is 65.2 Å². The van der Waals surface area contributed by atoms with Crippen molar-refractivity contribution in [3.63, 3.8) is 0 Å². The van der Waals surface area contributed by atoms with Crippen LogP contribution in [0.3, 0.4) is 0 Å². The summed E-state index contributed by atoms with van der Waals surface area (Å²) in [5.74, 6) is -1.55. The van der Waals surface area contributed by atoms with Crippen LogP contribution in [0.5, 0.6) is 0 Å². The highest BCUT2D eigenvalue weighted by Crippen LogP contribution is 2.12. The maximum atomic E-state index is 11.9. The van der Waals surface area contributed by atoms with Gasteiger partial charge in [0, 0.05) is 25.3 Å². The van der Waals surface area contributed by atoms with Gasteiger partial charge in [-0.05, 0) is 35.4 Å². The Labute approximate surface area is 134 Å². The van der Waals surface area contributed by atoms with Crippen molar-refractivity contribution in [2.75, 3.05) is 19.0 Å². The molecule has 0 radical (unpaired) electrons. The zero-order valence-electron chi connectivity index (χ0n) is 12.8. The van der Waals surface area contributed by atoms with Gasteiger partial charge in [-0.3, -0.25) is 4.79 Å². The highest BCUT2D eigenvalue weighted by Gasteiger charge is 2.04. The Morgan fingerprint density at radius 1 is 1.00 bits per heavy atom. The molecule has 0 aliphatic carbocycles. The molecule has 0 saturated heterocycles. The zero-order chi connectivity index (χ0) is 16.8. The normalized spacial score (nSPS) is 10.5. The number of hydrogen-bond acceptors (Lipinski definition) is 5. The van der Waals surface area contributed by atoms with Gasteiger partial charge >= 0.3 is 0 Å². The molecular weight excluding hydrogens is 294 g/mol. The molecule has 0 spiro atoms. The van der Waals surface area contributed by atoms with Crippen molar-refractivity contribution in [1.29, 1.82) is 0 Å². The number of hydrazone groups is 1. The summed E-state index contributed by atoms with van der Waals surface area (Å²) in [6.07, 6.45) is 1.44. The molecule has 0 unspecified atom stereocenters. The molecule has 2 rings (SSSR count). The van der Waals surface area contributed by atoms with Crippen molar-refractivity contribution in [3.8, 4) is 0 Å². The van der Waals surface area contributed by atoms with Gasteiger partial charge in [0.05, 0.1) is 12.2 Å². The van der Waals surface area contributed by atoms with Crippen LogP contribution in [0.1, 0.15) is 26.3 Å². The molecule has 0 saturated carbocycles. The van der Waals surface area contributed by atoms with E-state index in [0.29, 0.717) is 11.1 Å². The Bertz CT molecular complexity index is 720. The van der Waals surface area contributed by atoms with E-state index in [1.165, 1.54) is 18.3 Å². The van der Waals surface area contributed by atoms with Crippen LogP contribution in [0.25, 0.3) is 0 Å². The molecule has 0 aliphatic heterocycles. The lowest BCUT2D eigenvalue weighted by atomic mass is 10.1. The summed E-state index contributed by atoms with van der Waals surface area (Å²) in [5.41, 5.74) is 4.68. The number of carboxylic acid groups (broad SMARTS) is 1. The number of nitrogens with zero attached hydrogens (tertiary/aromatic N) is 2. The first kappa shape index (κ1) is 16.2. The van der Waals surface area contributed by atoms with Crippen LogP contribution in [-0.4, -0.2) is 32.2 Å². The molecule has 0 atom stereocenters. The number of carbonyl (C=O) groups excluding carboxylic acids is 2. The fourth-order valence-electron chi connectivity index (χ4n) is 1.85. The molecule has 0 bridgehead atoms. The molecule has 0 heterocycles. The second-order valence-corrected chi connectivity index (χ2v) is 5.05. The number of carbonyl (C=O) groups is 2. The molecule has 6 heteroatoms. The maximum Gasteiger partial charge on any atom is 0.271 e. The lowest BCUT2D eigenvalue weighted by Crippen LogP contribution is -2.22. The van der Waals surface area contributed by atoms with Gasteiger partial charge in [0.25, 0.3) is 5.91 Å². The summed E-state index contributed by atoms with van der Waals surface area (Å²) in [7, 11) is 3.84. The number of benzene rings is 2. The minimum atomic E-state index is -1.23. The molecule has 1 N–H and O–H groups in total. The topological polar surface area (TPSA) is 84.8 Å². The summed E-state index contributed by atoms with van der Waals surface area (Å²) in [4.78, 5) is 24.5. The first-order valence-electron chi connectivity index (χ1n) is 6.89. The second-order valence-electron chi connectivity index (χ2n) is 5.05. The maximum absolute atomic E-state index is 11.9. The summed E-state index contributed by atoms with van der Waals surface area (Å²) in [6, 6.07) is 13.1. The number of amides is 1. The Hall–Kier alpha value is -3.15. The van der Waals surface area contributed by atoms with Crippen molar-refractivity contribution < 1.29 is 14.7 Å². The average molecular weight is 310 g/mol. The third-order valence-corrected chi connectivity index (χ3v) is 3.17. The van der Waals surface area contributed by atoms with Crippen LogP contribution in [-0.2, 0) is 0 Å². The second kappa shape index (κ2) is 7.22. The van der Waals surface area contributed by atoms with Gasteiger partial charge in [-0.25, -0.2) is 5.43 Å². The van der Waals surface area contributed by atoms with E-state index in [1.54, 1.807) is 24.3 Å². The molecule has 1 amide bonds. The van der Waals surface area contributed by atoms with Gasteiger partial charge in [0.1, 0.15) is 0 Å². The van der Waals surface area contributed by atoms with Crippen LogP contribution in [0.2, 0.25) is 0 Å². The van der Waals surface area contributed by atoms with E-state index >= 15 is 0 Å². The zero-order valence-corrected chi connectivity index (χ0v) is 12.8. The summed E-state index contributed by atoms with van der Waals surface area (Å²) in [5, 5.41) is 14.5. The van der Waals surface area contributed by atoms with E-state index in [1.807, 2.05) is 31.1 Å². The predicted molar refractivity (Wildman–Crippen MR) is 86.6 cm³/mol. The molecule has 23 heavy (non-hydrogen) atoms. The molecule has 6 nitrogen and oxygen atoms in total. The molecular formula is C17H16N3O3-. The molecule has 118 valence electrons. The van der Waals surface area contributed by atoms with Gasteiger partial charge < -0.3 is 14.8 Å². The number of aromatic carboxylic acids is 1. The van der Waals surface area contributed by atoms with Gasteiger partial charge in [-0.1, -0.05) is 24.3 Å². The fourth-order valence-corrected chi connectivity index (χ4v) is 1.85. The first-order valence-corrected chi connectivity index (χ1v) is 6.89. The molecule has 0 aliphatic rings. The van der Waals surface area contributed by atoms with Crippen molar-refractivity contribution in [2.45, 2.75) is 0 Å². The van der Waals surface area contributed by atoms with Crippen LogP contribution < -0.4 is 15.4 Å². The Morgan fingerprint density at radius 2 is 1.57 bits per heavy atom. The van der Waals surface area contributed by atoms with Gasteiger partial charge in [-0.15, -0.1) is 0 Å². The third-order valence-electron chi connectivity index (χ3n) is 3.17. The Morgan fingerprint density at radius 3 is 2.09 bits per heavy atom. The third kappa shape index (κ3) is 4.41. The van der Waals surface area contributed by atoms with E-state index in [9.17, 15) is 14.7 Å². The molecule has 2 aromatic rings. The SMILES string of the molecule is CN(C)c1ccc(C(=O)N/N=C\c2ccc(C(=O)[O-])cc2)cc1. The highest BCUT2D eigenvalue weighted by atomic mass is 16.4. The van der Waals surface area contributed by atoms with Crippen LogP contribution in [0.15, 0.2) is 53.6 Å². The van der Waals surface area contributed by atoms with E-state index in [2.05, 4.69) is 10.5 Å². The number of anilines is 1. The van der Waals surface area contributed by atoms with Crippen molar-refractivity contribution >= 4 is 23.8 Å². The van der Waals surface area contributed by atoms with Gasteiger partial charge in [-0.2, -0.15) is 5.10 Å². The highest BCUT2D eigenvalue weighted by molar-refractivity contribution is 5.95. The lowest BCUT2D eigenvalue weighted by Gasteiger charge is -2.12. The summed E-state index contributed by atoms with van der Waals surface area (Å²) in [6.45, 7) is 0. The minimum Gasteiger partial charge on any atom is -0.545 e. The van der Waals surface area contributed by atoms with Crippen LogP contribution in [0.4, 0.5) is 5.69 Å². The van der Waals surface area contributed by atoms with E-state index < -0.39 is 5.97 Å². The number of rotatable bonds is 5. The first-order chi connectivity index (χ1) is 11.0. The Balaban J connectivity index is 1.96. The minimum absolute atomic E-state index is 0.0900. The number of hydrogen-bond donors (Lipinski definition) is 1.